The highest BCUT2D eigenvalue weighted by Gasteiger charge is 2.25. The number of hydrogen-bond acceptors (Lipinski definition) is 3. The number of nitrogens with zero attached hydrogens (tertiary/aromatic N) is 2. The smallest absolute Gasteiger partial charge is 0.0899 e. The third-order valence-electron chi connectivity index (χ3n) is 4.11. The molecular weight excluding hydrogens is 218 g/mol. The molecule has 4 heteroatoms. The molecule has 0 spiro atoms. The molecule has 3 nitrogen and oxygen atoms in total. The lowest BCUT2D eigenvalue weighted by atomic mass is 9.85. The highest BCUT2D eigenvalue weighted by molar-refractivity contribution is 7.80. The van der Waals surface area contributed by atoms with Crippen LogP contribution in [0.15, 0.2) is 0 Å². The van der Waals surface area contributed by atoms with Gasteiger partial charge in [-0.05, 0) is 25.7 Å². The van der Waals surface area contributed by atoms with Crippen LogP contribution in [-0.4, -0.2) is 53.6 Å². The van der Waals surface area contributed by atoms with E-state index in [0.29, 0.717) is 4.99 Å². The second kappa shape index (κ2) is 5.43. The minimum Gasteiger partial charge on any atom is -0.392 e. The standard InChI is InChI=1S/C12H23N3S/c1-10(12(13)16)15-7-5-14(6-8-15)9-11-3-2-4-11/h10-11H,2-9H2,1H3,(H2,13,16). The first-order valence-corrected chi connectivity index (χ1v) is 6.83. The maximum atomic E-state index is 5.69. The Morgan fingerprint density at radius 2 is 1.94 bits per heavy atom. The van der Waals surface area contributed by atoms with Gasteiger partial charge in [-0.3, -0.25) is 4.90 Å². The van der Waals surface area contributed by atoms with E-state index >= 15 is 0 Å². The Labute approximate surface area is 104 Å². The molecule has 0 aromatic carbocycles. The summed E-state index contributed by atoms with van der Waals surface area (Å²) in [5.74, 6) is 0.986. The van der Waals surface area contributed by atoms with Crippen LogP contribution in [0.1, 0.15) is 26.2 Å². The lowest BCUT2D eigenvalue weighted by Crippen LogP contribution is -2.53. The average molecular weight is 241 g/mol. The van der Waals surface area contributed by atoms with Gasteiger partial charge in [0.2, 0.25) is 0 Å². The molecule has 1 aliphatic carbocycles. The van der Waals surface area contributed by atoms with E-state index in [0.717, 1.165) is 19.0 Å². The van der Waals surface area contributed by atoms with Crippen LogP contribution >= 0.6 is 12.2 Å². The Kier molecular flexibility index (Phi) is 4.16. The highest BCUT2D eigenvalue weighted by Crippen LogP contribution is 2.27. The zero-order valence-electron chi connectivity index (χ0n) is 10.2. The van der Waals surface area contributed by atoms with E-state index in [9.17, 15) is 0 Å². The molecule has 0 aromatic rings. The summed E-state index contributed by atoms with van der Waals surface area (Å²) in [4.78, 5) is 5.64. The first-order valence-electron chi connectivity index (χ1n) is 6.42. The number of thiocarbonyl (C=S) groups is 1. The Bertz CT molecular complexity index is 245. The summed E-state index contributed by atoms with van der Waals surface area (Å²) < 4.78 is 0. The van der Waals surface area contributed by atoms with Crippen molar-refractivity contribution in [2.75, 3.05) is 32.7 Å². The predicted octanol–water partition coefficient (Wildman–Crippen LogP) is 1.08. The van der Waals surface area contributed by atoms with Crippen molar-refractivity contribution in [3.8, 4) is 0 Å². The molecule has 2 N–H and O–H groups in total. The van der Waals surface area contributed by atoms with Crippen molar-refractivity contribution in [1.29, 1.82) is 0 Å². The van der Waals surface area contributed by atoms with Gasteiger partial charge in [0.1, 0.15) is 0 Å². The summed E-state index contributed by atoms with van der Waals surface area (Å²) in [7, 11) is 0. The highest BCUT2D eigenvalue weighted by atomic mass is 32.1. The molecule has 1 saturated carbocycles. The van der Waals surface area contributed by atoms with E-state index in [1.165, 1.54) is 38.9 Å². The third-order valence-corrected chi connectivity index (χ3v) is 4.45. The number of nitrogens with two attached hydrogens (primary N) is 1. The number of hydrogen-bond donors (Lipinski definition) is 1. The van der Waals surface area contributed by atoms with Crippen molar-refractivity contribution in [1.82, 2.24) is 9.80 Å². The fourth-order valence-corrected chi connectivity index (χ4v) is 2.70. The summed E-state index contributed by atoms with van der Waals surface area (Å²) in [6, 6.07) is 0.265. The van der Waals surface area contributed by atoms with Crippen LogP contribution in [0.4, 0.5) is 0 Å². The lowest BCUT2D eigenvalue weighted by molar-refractivity contribution is 0.0939. The normalized spacial score (nSPS) is 26.3. The van der Waals surface area contributed by atoms with Gasteiger partial charge in [0.05, 0.1) is 11.0 Å². The molecule has 0 aromatic heterocycles. The molecule has 0 radical (unpaired) electrons. The molecule has 1 atom stereocenters. The van der Waals surface area contributed by atoms with Crippen LogP contribution in [0, 0.1) is 5.92 Å². The first-order chi connectivity index (χ1) is 7.66. The average Bonchev–Trinajstić information content (AvgIpc) is 2.23. The Hall–Kier alpha value is -0.190. The predicted molar refractivity (Wildman–Crippen MR) is 71.6 cm³/mol. The molecule has 0 amide bonds. The summed E-state index contributed by atoms with van der Waals surface area (Å²) in [6.07, 6.45) is 4.34. The maximum absolute atomic E-state index is 5.69. The summed E-state index contributed by atoms with van der Waals surface area (Å²) in [5.41, 5.74) is 5.69. The van der Waals surface area contributed by atoms with Gasteiger partial charge in [-0.25, -0.2) is 0 Å². The fourth-order valence-electron chi connectivity index (χ4n) is 2.55. The van der Waals surface area contributed by atoms with Crippen LogP contribution < -0.4 is 5.73 Å². The lowest BCUT2D eigenvalue weighted by Gasteiger charge is -2.40. The molecule has 0 bridgehead atoms. The quantitative estimate of drug-likeness (QED) is 0.747. The molecule has 1 heterocycles. The van der Waals surface area contributed by atoms with E-state index in [2.05, 4.69) is 16.7 Å². The number of rotatable bonds is 4. The Morgan fingerprint density at radius 1 is 1.31 bits per heavy atom. The van der Waals surface area contributed by atoms with E-state index in [-0.39, 0.29) is 6.04 Å². The molecule has 2 rings (SSSR count). The van der Waals surface area contributed by atoms with Gasteiger partial charge >= 0.3 is 0 Å². The van der Waals surface area contributed by atoms with E-state index < -0.39 is 0 Å². The molecule has 1 unspecified atom stereocenters. The summed E-state index contributed by atoms with van der Waals surface area (Å²) in [5, 5.41) is 0. The topological polar surface area (TPSA) is 32.5 Å². The van der Waals surface area contributed by atoms with Crippen LogP contribution in [0.5, 0.6) is 0 Å². The van der Waals surface area contributed by atoms with Crippen molar-refractivity contribution in [2.24, 2.45) is 11.7 Å². The molecule has 1 saturated heterocycles. The van der Waals surface area contributed by atoms with Crippen LogP contribution in [0.3, 0.4) is 0 Å². The van der Waals surface area contributed by atoms with Gasteiger partial charge < -0.3 is 10.6 Å². The second-order valence-electron chi connectivity index (χ2n) is 5.21. The molecule has 16 heavy (non-hydrogen) atoms. The van der Waals surface area contributed by atoms with Crippen molar-refractivity contribution in [3.05, 3.63) is 0 Å². The molecule has 2 fully saturated rings. The van der Waals surface area contributed by atoms with Crippen LogP contribution in [0.2, 0.25) is 0 Å². The first kappa shape index (κ1) is 12.3. The summed E-state index contributed by atoms with van der Waals surface area (Å²) >= 11 is 5.05. The van der Waals surface area contributed by atoms with E-state index in [1.54, 1.807) is 0 Å². The molecule has 1 aliphatic heterocycles. The van der Waals surface area contributed by atoms with Crippen molar-refractivity contribution in [2.45, 2.75) is 32.2 Å². The maximum Gasteiger partial charge on any atom is 0.0899 e. The van der Waals surface area contributed by atoms with Gasteiger partial charge in [-0.1, -0.05) is 18.6 Å². The zero-order valence-corrected chi connectivity index (χ0v) is 11.0. The van der Waals surface area contributed by atoms with Crippen molar-refractivity contribution >= 4 is 17.2 Å². The van der Waals surface area contributed by atoms with Gasteiger partial charge in [0.25, 0.3) is 0 Å². The van der Waals surface area contributed by atoms with Gasteiger partial charge in [0.15, 0.2) is 0 Å². The Balaban J connectivity index is 1.71. The van der Waals surface area contributed by atoms with Crippen LogP contribution in [0.25, 0.3) is 0 Å². The van der Waals surface area contributed by atoms with Crippen LogP contribution in [-0.2, 0) is 0 Å². The largest absolute Gasteiger partial charge is 0.392 e. The van der Waals surface area contributed by atoms with Crippen molar-refractivity contribution < 1.29 is 0 Å². The van der Waals surface area contributed by atoms with Crippen molar-refractivity contribution in [3.63, 3.8) is 0 Å². The monoisotopic (exact) mass is 241 g/mol. The third kappa shape index (κ3) is 2.93. The van der Waals surface area contributed by atoms with E-state index in [4.69, 9.17) is 18.0 Å². The molecule has 92 valence electrons. The Morgan fingerprint density at radius 3 is 2.38 bits per heavy atom. The van der Waals surface area contributed by atoms with Gasteiger partial charge in [-0.2, -0.15) is 0 Å². The minimum absolute atomic E-state index is 0.265. The zero-order chi connectivity index (χ0) is 11.5. The molecule has 2 aliphatic rings. The molecular formula is C12H23N3S. The number of piperazine rings is 1. The minimum atomic E-state index is 0.265. The van der Waals surface area contributed by atoms with Gasteiger partial charge in [-0.15, -0.1) is 0 Å². The summed E-state index contributed by atoms with van der Waals surface area (Å²) in [6.45, 7) is 8.03. The van der Waals surface area contributed by atoms with E-state index in [1.807, 2.05) is 0 Å². The fraction of sp³-hybridized carbons (Fsp3) is 0.917. The van der Waals surface area contributed by atoms with Gasteiger partial charge in [0, 0.05) is 32.7 Å². The SMILES string of the molecule is CC(C(N)=S)N1CCN(CC2CCC2)CC1. The second-order valence-corrected chi connectivity index (χ2v) is 5.68.